The van der Waals surface area contributed by atoms with Crippen LogP contribution in [0.2, 0.25) is 10.0 Å². The van der Waals surface area contributed by atoms with Gasteiger partial charge in [-0.05, 0) is 54.6 Å². The molecule has 0 heterocycles. The SMILES string of the molecule is O=C(Nc1ccccc1)Nc1cc(S(=O)(=O)Nc2ccc(Cl)cc2)ccc1Cl. The van der Waals surface area contributed by atoms with Gasteiger partial charge in [-0.15, -0.1) is 0 Å². The Labute approximate surface area is 172 Å². The van der Waals surface area contributed by atoms with Gasteiger partial charge in [0, 0.05) is 16.4 Å². The van der Waals surface area contributed by atoms with E-state index in [-0.39, 0.29) is 15.6 Å². The number of anilines is 3. The van der Waals surface area contributed by atoms with E-state index in [9.17, 15) is 13.2 Å². The lowest BCUT2D eigenvalue weighted by Gasteiger charge is -2.12. The van der Waals surface area contributed by atoms with Crippen molar-refractivity contribution in [3.63, 3.8) is 0 Å². The van der Waals surface area contributed by atoms with Gasteiger partial charge in [0.05, 0.1) is 15.6 Å². The quantitative estimate of drug-likeness (QED) is 0.498. The van der Waals surface area contributed by atoms with Crippen LogP contribution in [0, 0.1) is 0 Å². The minimum absolute atomic E-state index is 0.0538. The molecule has 0 aliphatic rings. The highest BCUT2D eigenvalue weighted by Crippen LogP contribution is 2.27. The van der Waals surface area contributed by atoms with E-state index in [1.807, 2.05) is 6.07 Å². The number of amides is 2. The highest BCUT2D eigenvalue weighted by Gasteiger charge is 2.17. The molecule has 0 aromatic heterocycles. The zero-order valence-electron chi connectivity index (χ0n) is 14.3. The molecular formula is C19H15Cl2N3O3S. The third-order valence-corrected chi connectivity index (χ3v) is 5.58. The molecule has 0 unspecified atom stereocenters. The molecule has 0 spiro atoms. The van der Waals surface area contributed by atoms with Crippen LogP contribution in [0.4, 0.5) is 21.9 Å². The summed E-state index contributed by atoms with van der Waals surface area (Å²) in [6.45, 7) is 0. The summed E-state index contributed by atoms with van der Waals surface area (Å²) in [4.78, 5) is 12.1. The van der Waals surface area contributed by atoms with Crippen LogP contribution in [0.3, 0.4) is 0 Å². The normalized spacial score (nSPS) is 10.9. The number of carbonyl (C=O) groups excluding carboxylic acids is 1. The van der Waals surface area contributed by atoms with Crippen molar-refractivity contribution < 1.29 is 13.2 Å². The first-order valence-electron chi connectivity index (χ1n) is 8.04. The Morgan fingerprint density at radius 2 is 1.46 bits per heavy atom. The van der Waals surface area contributed by atoms with Gasteiger partial charge in [-0.2, -0.15) is 0 Å². The summed E-state index contributed by atoms with van der Waals surface area (Å²) < 4.78 is 27.7. The first kappa shape index (κ1) is 20.0. The van der Waals surface area contributed by atoms with Gasteiger partial charge in [-0.25, -0.2) is 13.2 Å². The Balaban J connectivity index is 1.78. The van der Waals surface area contributed by atoms with E-state index >= 15 is 0 Å². The fourth-order valence-corrected chi connectivity index (χ4v) is 3.68. The average Bonchev–Trinajstić information content (AvgIpc) is 2.66. The van der Waals surface area contributed by atoms with Crippen LogP contribution in [0.1, 0.15) is 0 Å². The Hall–Kier alpha value is -2.74. The Kier molecular flexibility index (Phi) is 6.08. The van der Waals surface area contributed by atoms with Crippen LogP contribution >= 0.6 is 23.2 Å². The maximum absolute atomic E-state index is 12.6. The molecule has 0 aliphatic heterocycles. The van der Waals surface area contributed by atoms with Gasteiger partial charge in [-0.1, -0.05) is 41.4 Å². The third kappa shape index (κ3) is 5.16. The molecule has 6 nitrogen and oxygen atoms in total. The van der Waals surface area contributed by atoms with Crippen molar-refractivity contribution in [1.29, 1.82) is 0 Å². The number of sulfonamides is 1. The lowest BCUT2D eigenvalue weighted by Crippen LogP contribution is -2.20. The lowest BCUT2D eigenvalue weighted by atomic mass is 10.3. The number of rotatable bonds is 5. The predicted octanol–water partition coefficient (Wildman–Crippen LogP) is 5.44. The second-order valence-corrected chi connectivity index (χ2v) is 8.23. The Morgan fingerprint density at radius 1 is 0.786 bits per heavy atom. The molecule has 28 heavy (non-hydrogen) atoms. The van der Waals surface area contributed by atoms with Gasteiger partial charge in [0.15, 0.2) is 0 Å². The van der Waals surface area contributed by atoms with E-state index < -0.39 is 16.1 Å². The van der Waals surface area contributed by atoms with Crippen molar-refractivity contribution in [2.45, 2.75) is 4.90 Å². The van der Waals surface area contributed by atoms with E-state index in [4.69, 9.17) is 23.2 Å². The molecule has 0 bridgehead atoms. The number of benzene rings is 3. The minimum Gasteiger partial charge on any atom is -0.308 e. The summed E-state index contributed by atoms with van der Waals surface area (Å²) in [6, 6.07) is 18.5. The van der Waals surface area contributed by atoms with Gasteiger partial charge in [0.2, 0.25) is 0 Å². The van der Waals surface area contributed by atoms with Crippen LogP contribution in [0.15, 0.2) is 77.7 Å². The second kappa shape index (κ2) is 8.52. The molecule has 0 atom stereocenters. The monoisotopic (exact) mass is 435 g/mol. The molecular weight excluding hydrogens is 421 g/mol. The number of hydrogen-bond donors (Lipinski definition) is 3. The summed E-state index contributed by atoms with van der Waals surface area (Å²) in [7, 11) is -3.88. The number of nitrogens with one attached hydrogen (secondary N) is 3. The molecule has 3 rings (SSSR count). The fraction of sp³-hybridized carbons (Fsp3) is 0. The van der Waals surface area contributed by atoms with Crippen molar-refractivity contribution >= 4 is 56.3 Å². The number of carbonyl (C=O) groups is 1. The zero-order chi connectivity index (χ0) is 20.1. The Bertz CT molecular complexity index is 1090. The molecule has 2 amide bonds. The van der Waals surface area contributed by atoms with Gasteiger partial charge in [0.25, 0.3) is 10.0 Å². The van der Waals surface area contributed by atoms with Crippen molar-refractivity contribution in [3.8, 4) is 0 Å². The lowest BCUT2D eigenvalue weighted by molar-refractivity contribution is 0.262. The van der Waals surface area contributed by atoms with Crippen LogP contribution in [-0.4, -0.2) is 14.4 Å². The summed E-state index contributed by atoms with van der Waals surface area (Å²) >= 11 is 11.9. The summed E-state index contributed by atoms with van der Waals surface area (Å²) in [6.07, 6.45) is 0. The van der Waals surface area contributed by atoms with Crippen LogP contribution in [0.25, 0.3) is 0 Å². The first-order chi connectivity index (χ1) is 13.3. The molecule has 3 aromatic carbocycles. The topological polar surface area (TPSA) is 87.3 Å². The van der Waals surface area contributed by atoms with E-state index in [0.29, 0.717) is 16.4 Å². The largest absolute Gasteiger partial charge is 0.323 e. The van der Waals surface area contributed by atoms with E-state index in [1.54, 1.807) is 48.5 Å². The molecule has 0 radical (unpaired) electrons. The van der Waals surface area contributed by atoms with Gasteiger partial charge < -0.3 is 10.6 Å². The highest BCUT2D eigenvalue weighted by atomic mass is 35.5. The van der Waals surface area contributed by atoms with Crippen molar-refractivity contribution in [2.75, 3.05) is 15.4 Å². The summed E-state index contributed by atoms with van der Waals surface area (Å²) in [5.41, 5.74) is 1.11. The second-order valence-electron chi connectivity index (χ2n) is 5.70. The number of urea groups is 1. The molecule has 0 fully saturated rings. The average molecular weight is 436 g/mol. The highest BCUT2D eigenvalue weighted by molar-refractivity contribution is 7.92. The molecule has 0 aliphatic carbocycles. The molecule has 9 heteroatoms. The number of halogens is 2. The number of para-hydroxylation sites is 1. The van der Waals surface area contributed by atoms with Gasteiger partial charge in [0.1, 0.15) is 0 Å². The molecule has 0 saturated heterocycles. The van der Waals surface area contributed by atoms with Crippen LogP contribution in [0.5, 0.6) is 0 Å². The van der Waals surface area contributed by atoms with Crippen LogP contribution in [-0.2, 0) is 10.0 Å². The maximum Gasteiger partial charge on any atom is 0.323 e. The standard InChI is InChI=1S/C19H15Cl2N3O3S/c20-13-6-8-15(9-7-13)24-28(26,27)16-10-11-17(21)18(12-16)23-19(25)22-14-4-2-1-3-5-14/h1-12,24H,(H2,22,23,25). The minimum atomic E-state index is -3.88. The summed E-state index contributed by atoms with van der Waals surface area (Å²) in [5, 5.41) is 5.88. The van der Waals surface area contributed by atoms with Gasteiger partial charge in [-0.3, -0.25) is 4.72 Å². The third-order valence-electron chi connectivity index (χ3n) is 3.62. The van der Waals surface area contributed by atoms with Crippen LogP contribution < -0.4 is 15.4 Å². The van der Waals surface area contributed by atoms with Crippen molar-refractivity contribution in [1.82, 2.24) is 0 Å². The first-order valence-corrected chi connectivity index (χ1v) is 10.3. The zero-order valence-corrected chi connectivity index (χ0v) is 16.6. The number of hydrogen-bond acceptors (Lipinski definition) is 3. The van der Waals surface area contributed by atoms with E-state index in [2.05, 4.69) is 15.4 Å². The van der Waals surface area contributed by atoms with Gasteiger partial charge >= 0.3 is 6.03 Å². The van der Waals surface area contributed by atoms with E-state index in [0.717, 1.165) is 0 Å². The maximum atomic E-state index is 12.6. The molecule has 144 valence electrons. The molecule has 3 N–H and O–H groups in total. The van der Waals surface area contributed by atoms with Crippen molar-refractivity contribution in [3.05, 3.63) is 82.8 Å². The Morgan fingerprint density at radius 3 is 2.14 bits per heavy atom. The smallest absolute Gasteiger partial charge is 0.308 e. The predicted molar refractivity (Wildman–Crippen MR) is 113 cm³/mol. The van der Waals surface area contributed by atoms with Crippen molar-refractivity contribution in [2.24, 2.45) is 0 Å². The molecule has 0 saturated carbocycles. The van der Waals surface area contributed by atoms with E-state index in [1.165, 1.54) is 18.2 Å². The summed E-state index contributed by atoms with van der Waals surface area (Å²) in [5.74, 6) is 0. The fourth-order valence-electron chi connectivity index (χ4n) is 2.31. The molecule has 3 aromatic rings.